The normalized spacial score (nSPS) is 17.8. The Morgan fingerprint density at radius 1 is 1.00 bits per heavy atom. The minimum Gasteiger partial charge on any atom is -0.495 e. The van der Waals surface area contributed by atoms with E-state index in [0.717, 1.165) is 25.9 Å². The number of hydrogen-bond acceptors (Lipinski definition) is 6. The van der Waals surface area contributed by atoms with Gasteiger partial charge >= 0.3 is 0 Å². The van der Waals surface area contributed by atoms with Gasteiger partial charge in [0.15, 0.2) is 6.29 Å². The Balaban J connectivity index is 1.24. The number of piperidine rings is 1. The minimum absolute atomic E-state index is 0.0666. The first kappa shape index (κ1) is 22.3. The zero-order valence-corrected chi connectivity index (χ0v) is 18.2. The number of nitrogens with zero attached hydrogens (tertiary/aromatic N) is 1. The standard InChI is InChI=1S/C24H29N3O5/c1-30-21-5-3-2-4-20(21)26-23(29)17-6-8-19(9-7-17)25-22(28)16-27-12-10-18(11-13-27)24-31-14-15-32-24/h2-9,18,24H,10-16H2,1H3,(H,25,28)(H,26,29). The summed E-state index contributed by atoms with van der Waals surface area (Å²) in [7, 11) is 1.56. The Morgan fingerprint density at radius 3 is 2.38 bits per heavy atom. The largest absolute Gasteiger partial charge is 0.495 e. The molecule has 32 heavy (non-hydrogen) atoms. The molecule has 0 aliphatic carbocycles. The molecular formula is C24H29N3O5. The Kier molecular flexibility index (Phi) is 7.36. The van der Waals surface area contributed by atoms with E-state index >= 15 is 0 Å². The average Bonchev–Trinajstić information content (AvgIpc) is 3.35. The molecule has 0 spiro atoms. The van der Waals surface area contributed by atoms with Gasteiger partial charge in [0.25, 0.3) is 5.91 Å². The van der Waals surface area contributed by atoms with Crippen LogP contribution in [0.25, 0.3) is 0 Å². The van der Waals surface area contributed by atoms with Crippen molar-refractivity contribution in [3.05, 3.63) is 54.1 Å². The van der Waals surface area contributed by atoms with Gasteiger partial charge in [0.1, 0.15) is 5.75 Å². The summed E-state index contributed by atoms with van der Waals surface area (Å²) >= 11 is 0. The van der Waals surface area contributed by atoms with Gasteiger partial charge in [0.05, 0.1) is 32.6 Å². The molecule has 170 valence electrons. The van der Waals surface area contributed by atoms with Gasteiger partial charge in [-0.05, 0) is 62.3 Å². The second-order valence-electron chi connectivity index (χ2n) is 8.00. The third kappa shape index (κ3) is 5.64. The number of carbonyl (C=O) groups excluding carboxylic acids is 2. The Bertz CT molecular complexity index is 919. The molecule has 0 aromatic heterocycles. The molecule has 0 radical (unpaired) electrons. The molecule has 2 fully saturated rings. The van der Waals surface area contributed by atoms with E-state index in [1.54, 1.807) is 43.5 Å². The van der Waals surface area contributed by atoms with Crippen LogP contribution < -0.4 is 15.4 Å². The third-order valence-corrected chi connectivity index (χ3v) is 5.82. The number of amides is 2. The molecule has 8 nitrogen and oxygen atoms in total. The maximum absolute atomic E-state index is 12.5. The molecule has 0 saturated carbocycles. The van der Waals surface area contributed by atoms with E-state index < -0.39 is 0 Å². The van der Waals surface area contributed by atoms with E-state index in [0.29, 0.717) is 48.4 Å². The number of anilines is 2. The molecule has 4 rings (SSSR count). The third-order valence-electron chi connectivity index (χ3n) is 5.82. The second-order valence-corrected chi connectivity index (χ2v) is 8.00. The van der Waals surface area contributed by atoms with Crippen molar-refractivity contribution in [2.75, 3.05) is 50.6 Å². The van der Waals surface area contributed by atoms with Crippen LogP contribution in [0.1, 0.15) is 23.2 Å². The van der Waals surface area contributed by atoms with E-state index in [1.807, 2.05) is 12.1 Å². The zero-order chi connectivity index (χ0) is 22.3. The zero-order valence-electron chi connectivity index (χ0n) is 18.2. The van der Waals surface area contributed by atoms with Crippen LogP contribution >= 0.6 is 0 Å². The van der Waals surface area contributed by atoms with Gasteiger partial charge in [-0.3, -0.25) is 14.5 Å². The second kappa shape index (κ2) is 10.6. The van der Waals surface area contributed by atoms with Crippen molar-refractivity contribution in [3.63, 3.8) is 0 Å². The summed E-state index contributed by atoms with van der Waals surface area (Å²) in [5.41, 5.74) is 1.76. The van der Waals surface area contributed by atoms with Gasteiger partial charge in [-0.1, -0.05) is 12.1 Å². The van der Waals surface area contributed by atoms with E-state index in [-0.39, 0.29) is 18.1 Å². The fourth-order valence-corrected chi connectivity index (χ4v) is 4.08. The predicted molar refractivity (Wildman–Crippen MR) is 121 cm³/mol. The number of hydrogen-bond donors (Lipinski definition) is 2. The molecule has 8 heteroatoms. The quantitative estimate of drug-likeness (QED) is 0.690. The predicted octanol–water partition coefficient (Wildman–Crippen LogP) is 2.97. The van der Waals surface area contributed by atoms with Gasteiger partial charge < -0.3 is 24.8 Å². The van der Waals surface area contributed by atoms with Gasteiger partial charge in [-0.15, -0.1) is 0 Å². The number of nitrogens with one attached hydrogen (secondary N) is 2. The number of benzene rings is 2. The molecular weight excluding hydrogens is 410 g/mol. The summed E-state index contributed by atoms with van der Waals surface area (Å²) in [5.74, 6) is 0.692. The lowest BCUT2D eigenvalue weighted by Gasteiger charge is -2.33. The molecule has 2 amide bonds. The van der Waals surface area contributed by atoms with Crippen LogP contribution in [0.15, 0.2) is 48.5 Å². The van der Waals surface area contributed by atoms with Crippen LogP contribution in [-0.4, -0.2) is 63.0 Å². The highest BCUT2D eigenvalue weighted by molar-refractivity contribution is 6.05. The highest BCUT2D eigenvalue weighted by Gasteiger charge is 2.30. The van der Waals surface area contributed by atoms with Crippen LogP contribution in [0.3, 0.4) is 0 Å². The highest BCUT2D eigenvalue weighted by atomic mass is 16.7. The molecule has 0 atom stereocenters. The summed E-state index contributed by atoms with van der Waals surface area (Å²) < 4.78 is 16.5. The maximum Gasteiger partial charge on any atom is 0.255 e. The fraction of sp³-hybridized carbons (Fsp3) is 0.417. The lowest BCUT2D eigenvalue weighted by atomic mass is 9.96. The van der Waals surface area contributed by atoms with Crippen molar-refractivity contribution in [2.24, 2.45) is 5.92 Å². The van der Waals surface area contributed by atoms with Crippen molar-refractivity contribution in [2.45, 2.75) is 19.1 Å². The maximum atomic E-state index is 12.5. The first-order valence-electron chi connectivity index (χ1n) is 10.9. The number of likely N-dealkylation sites (tertiary alicyclic amines) is 1. The van der Waals surface area contributed by atoms with Crippen LogP contribution in [0, 0.1) is 5.92 Å². The van der Waals surface area contributed by atoms with Gasteiger partial charge in [0, 0.05) is 17.2 Å². The molecule has 2 saturated heterocycles. The van der Waals surface area contributed by atoms with Crippen molar-refractivity contribution in [1.29, 1.82) is 0 Å². The molecule has 2 aromatic rings. The Morgan fingerprint density at radius 2 is 1.69 bits per heavy atom. The smallest absolute Gasteiger partial charge is 0.255 e. The molecule has 0 unspecified atom stereocenters. The SMILES string of the molecule is COc1ccccc1NC(=O)c1ccc(NC(=O)CN2CCC(C3OCCO3)CC2)cc1. The van der Waals surface area contributed by atoms with Crippen molar-refractivity contribution in [3.8, 4) is 5.75 Å². The number of methoxy groups -OCH3 is 1. The van der Waals surface area contributed by atoms with E-state index in [4.69, 9.17) is 14.2 Å². The van der Waals surface area contributed by atoms with E-state index in [9.17, 15) is 9.59 Å². The molecule has 2 N–H and O–H groups in total. The summed E-state index contributed by atoms with van der Waals surface area (Å²) in [4.78, 5) is 27.1. The molecule has 2 heterocycles. The number of carbonyl (C=O) groups is 2. The van der Waals surface area contributed by atoms with Crippen molar-refractivity contribution in [1.82, 2.24) is 4.90 Å². The molecule has 2 aromatic carbocycles. The number of rotatable bonds is 7. The Labute approximate surface area is 187 Å². The average molecular weight is 440 g/mol. The van der Waals surface area contributed by atoms with Crippen LogP contribution in [0.2, 0.25) is 0 Å². The van der Waals surface area contributed by atoms with E-state index in [2.05, 4.69) is 15.5 Å². The van der Waals surface area contributed by atoms with Gasteiger partial charge in [-0.25, -0.2) is 0 Å². The topological polar surface area (TPSA) is 89.1 Å². The van der Waals surface area contributed by atoms with Crippen LogP contribution in [0.5, 0.6) is 5.75 Å². The lowest BCUT2D eigenvalue weighted by Crippen LogP contribution is -2.41. The van der Waals surface area contributed by atoms with Gasteiger partial charge in [0.2, 0.25) is 5.91 Å². The number of para-hydroxylation sites is 2. The first-order chi connectivity index (χ1) is 15.6. The lowest BCUT2D eigenvalue weighted by molar-refractivity contribution is -0.119. The summed E-state index contributed by atoms with van der Waals surface area (Å²) in [6.07, 6.45) is 1.85. The summed E-state index contributed by atoms with van der Waals surface area (Å²) in [6, 6.07) is 14.1. The molecule has 2 aliphatic heterocycles. The highest BCUT2D eigenvalue weighted by Crippen LogP contribution is 2.26. The van der Waals surface area contributed by atoms with Crippen LogP contribution in [-0.2, 0) is 14.3 Å². The fourth-order valence-electron chi connectivity index (χ4n) is 4.08. The van der Waals surface area contributed by atoms with Crippen LogP contribution in [0.4, 0.5) is 11.4 Å². The summed E-state index contributed by atoms with van der Waals surface area (Å²) in [5, 5.41) is 5.75. The molecule has 0 bridgehead atoms. The van der Waals surface area contributed by atoms with E-state index in [1.165, 1.54) is 0 Å². The Hall–Kier alpha value is -2.94. The monoisotopic (exact) mass is 439 g/mol. The number of ether oxygens (including phenoxy) is 3. The summed E-state index contributed by atoms with van der Waals surface area (Å²) in [6.45, 7) is 3.39. The van der Waals surface area contributed by atoms with Crippen molar-refractivity contribution < 1.29 is 23.8 Å². The molecule has 2 aliphatic rings. The van der Waals surface area contributed by atoms with Gasteiger partial charge in [-0.2, -0.15) is 0 Å². The minimum atomic E-state index is -0.245. The first-order valence-corrected chi connectivity index (χ1v) is 10.9. The van der Waals surface area contributed by atoms with Crippen molar-refractivity contribution >= 4 is 23.2 Å².